The molecule has 1 aromatic heterocycles. The molecule has 5 nitrogen and oxygen atoms in total. The lowest BCUT2D eigenvalue weighted by molar-refractivity contribution is 0.0618. The number of carbonyl (C=O) groups is 1. The molecule has 4 rings (SSSR count). The molecular formula is C14H18ClN3O2. The SMILES string of the molecule is COc1cnc(C(=O)NC2CN3CCC2CC3)cc1Cl. The summed E-state index contributed by atoms with van der Waals surface area (Å²) < 4.78 is 5.04. The predicted molar refractivity (Wildman–Crippen MR) is 76.2 cm³/mol. The van der Waals surface area contributed by atoms with E-state index < -0.39 is 0 Å². The fourth-order valence-corrected chi connectivity index (χ4v) is 3.29. The number of fused-ring (bicyclic) bond motifs is 3. The Balaban J connectivity index is 1.68. The van der Waals surface area contributed by atoms with Gasteiger partial charge in [0.2, 0.25) is 0 Å². The van der Waals surface area contributed by atoms with E-state index in [1.165, 1.54) is 26.1 Å². The average molecular weight is 296 g/mol. The Hall–Kier alpha value is -1.33. The summed E-state index contributed by atoms with van der Waals surface area (Å²) in [4.78, 5) is 18.8. The number of ether oxygens (including phenoxy) is 1. The molecule has 1 unspecified atom stereocenters. The number of piperidine rings is 3. The van der Waals surface area contributed by atoms with Crippen molar-refractivity contribution in [2.24, 2.45) is 5.92 Å². The molecule has 6 heteroatoms. The molecule has 1 aromatic rings. The summed E-state index contributed by atoms with van der Waals surface area (Å²) in [5.74, 6) is 0.914. The topological polar surface area (TPSA) is 54.5 Å². The summed E-state index contributed by atoms with van der Waals surface area (Å²) in [5.41, 5.74) is 0.340. The van der Waals surface area contributed by atoms with Gasteiger partial charge in [-0.15, -0.1) is 0 Å². The molecule has 0 spiro atoms. The molecule has 0 aliphatic carbocycles. The second-order valence-corrected chi connectivity index (χ2v) is 5.83. The van der Waals surface area contributed by atoms with Crippen molar-refractivity contribution >= 4 is 17.5 Å². The smallest absolute Gasteiger partial charge is 0.270 e. The van der Waals surface area contributed by atoms with Crippen LogP contribution in [-0.2, 0) is 0 Å². The van der Waals surface area contributed by atoms with Crippen molar-refractivity contribution in [1.29, 1.82) is 0 Å². The second kappa shape index (κ2) is 5.58. The van der Waals surface area contributed by atoms with Gasteiger partial charge in [0, 0.05) is 12.6 Å². The molecule has 0 radical (unpaired) electrons. The molecule has 3 fully saturated rings. The Labute approximate surface area is 123 Å². The summed E-state index contributed by atoms with van der Waals surface area (Å²) in [5, 5.41) is 3.49. The third kappa shape index (κ3) is 2.60. The molecule has 0 saturated carbocycles. The molecule has 108 valence electrons. The van der Waals surface area contributed by atoms with Crippen molar-refractivity contribution in [1.82, 2.24) is 15.2 Å². The Kier molecular flexibility index (Phi) is 3.81. The first-order chi connectivity index (χ1) is 9.67. The van der Waals surface area contributed by atoms with E-state index in [1.54, 1.807) is 6.07 Å². The van der Waals surface area contributed by atoms with E-state index in [0.717, 1.165) is 19.6 Å². The van der Waals surface area contributed by atoms with Gasteiger partial charge in [0.15, 0.2) is 5.75 Å². The van der Waals surface area contributed by atoms with Gasteiger partial charge in [-0.1, -0.05) is 11.6 Å². The molecule has 1 amide bonds. The Morgan fingerprint density at radius 1 is 1.50 bits per heavy atom. The molecule has 0 aromatic carbocycles. The van der Waals surface area contributed by atoms with Crippen LogP contribution in [-0.4, -0.2) is 48.6 Å². The summed E-state index contributed by atoms with van der Waals surface area (Å²) in [7, 11) is 1.52. The Morgan fingerprint density at radius 3 is 2.80 bits per heavy atom. The van der Waals surface area contributed by atoms with E-state index in [0.29, 0.717) is 22.4 Å². The number of aromatic nitrogens is 1. The quantitative estimate of drug-likeness (QED) is 0.920. The number of nitrogens with zero attached hydrogens (tertiary/aromatic N) is 2. The number of nitrogens with one attached hydrogen (secondary N) is 1. The number of rotatable bonds is 3. The van der Waals surface area contributed by atoms with Gasteiger partial charge in [-0.05, 0) is 37.9 Å². The zero-order chi connectivity index (χ0) is 14.1. The minimum absolute atomic E-state index is 0.159. The summed E-state index contributed by atoms with van der Waals surface area (Å²) in [6.45, 7) is 3.26. The molecular weight excluding hydrogens is 278 g/mol. The van der Waals surface area contributed by atoms with Gasteiger partial charge in [0.05, 0.1) is 18.3 Å². The van der Waals surface area contributed by atoms with Gasteiger partial charge in [-0.2, -0.15) is 0 Å². The van der Waals surface area contributed by atoms with Crippen LogP contribution in [0.25, 0.3) is 0 Å². The fraction of sp³-hybridized carbons (Fsp3) is 0.571. The van der Waals surface area contributed by atoms with E-state index in [-0.39, 0.29) is 11.9 Å². The highest BCUT2D eigenvalue weighted by Gasteiger charge is 2.35. The van der Waals surface area contributed by atoms with Crippen LogP contribution in [0.15, 0.2) is 12.3 Å². The number of carbonyl (C=O) groups excluding carboxylic acids is 1. The van der Waals surface area contributed by atoms with Crippen molar-refractivity contribution in [2.75, 3.05) is 26.7 Å². The summed E-state index contributed by atoms with van der Waals surface area (Å²) >= 11 is 6.03. The molecule has 3 saturated heterocycles. The molecule has 20 heavy (non-hydrogen) atoms. The molecule has 3 aliphatic rings. The van der Waals surface area contributed by atoms with E-state index in [4.69, 9.17) is 16.3 Å². The highest BCUT2D eigenvalue weighted by Crippen LogP contribution is 2.28. The monoisotopic (exact) mass is 295 g/mol. The van der Waals surface area contributed by atoms with Crippen LogP contribution in [0, 0.1) is 5.92 Å². The van der Waals surface area contributed by atoms with Crippen LogP contribution in [0.3, 0.4) is 0 Å². The normalized spacial score (nSPS) is 28.2. The average Bonchev–Trinajstić information content (AvgIpc) is 2.48. The predicted octanol–water partition coefficient (Wildman–Crippen LogP) is 1.57. The summed E-state index contributed by atoms with van der Waals surface area (Å²) in [6, 6.07) is 1.78. The Morgan fingerprint density at radius 2 is 2.25 bits per heavy atom. The van der Waals surface area contributed by atoms with Gasteiger partial charge in [-0.3, -0.25) is 4.79 Å². The van der Waals surface area contributed by atoms with Gasteiger partial charge < -0.3 is 15.0 Å². The molecule has 2 bridgehead atoms. The second-order valence-electron chi connectivity index (χ2n) is 5.42. The maximum Gasteiger partial charge on any atom is 0.270 e. The number of hydrogen-bond acceptors (Lipinski definition) is 4. The van der Waals surface area contributed by atoms with Crippen molar-refractivity contribution in [3.8, 4) is 5.75 Å². The number of methoxy groups -OCH3 is 1. The Bertz CT molecular complexity index is 515. The minimum atomic E-state index is -0.159. The van der Waals surface area contributed by atoms with Crippen molar-refractivity contribution in [3.63, 3.8) is 0 Å². The van der Waals surface area contributed by atoms with Crippen LogP contribution < -0.4 is 10.1 Å². The number of amides is 1. The zero-order valence-corrected chi connectivity index (χ0v) is 12.2. The van der Waals surface area contributed by atoms with Gasteiger partial charge >= 0.3 is 0 Å². The lowest BCUT2D eigenvalue weighted by Gasteiger charge is -2.44. The highest BCUT2D eigenvalue weighted by molar-refractivity contribution is 6.32. The van der Waals surface area contributed by atoms with Crippen LogP contribution in [0.2, 0.25) is 5.02 Å². The van der Waals surface area contributed by atoms with Crippen LogP contribution in [0.4, 0.5) is 0 Å². The lowest BCUT2D eigenvalue weighted by Crippen LogP contribution is -2.57. The van der Waals surface area contributed by atoms with E-state index >= 15 is 0 Å². The van der Waals surface area contributed by atoms with E-state index in [2.05, 4.69) is 15.2 Å². The standard InChI is InChI=1S/C14H18ClN3O2/c1-20-13-7-16-11(6-10(13)15)14(19)17-12-8-18-4-2-9(12)3-5-18/h6-7,9,12H,2-5,8H2,1H3,(H,17,19). The number of hydrogen-bond donors (Lipinski definition) is 1. The van der Waals surface area contributed by atoms with E-state index in [1.807, 2.05) is 0 Å². The third-order valence-corrected chi connectivity index (χ3v) is 4.54. The zero-order valence-electron chi connectivity index (χ0n) is 11.4. The van der Waals surface area contributed by atoms with Crippen LogP contribution >= 0.6 is 11.6 Å². The van der Waals surface area contributed by atoms with Gasteiger partial charge in [0.25, 0.3) is 5.91 Å². The number of pyridine rings is 1. The van der Waals surface area contributed by atoms with Crippen molar-refractivity contribution < 1.29 is 9.53 Å². The largest absolute Gasteiger partial charge is 0.494 e. The first-order valence-electron chi connectivity index (χ1n) is 6.90. The third-order valence-electron chi connectivity index (χ3n) is 4.24. The van der Waals surface area contributed by atoms with Crippen LogP contribution in [0.5, 0.6) is 5.75 Å². The molecule has 4 heterocycles. The maximum atomic E-state index is 12.2. The van der Waals surface area contributed by atoms with Gasteiger partial charge in [0.1, 0.15) is 5.69 Å². The van der Waals surface area contributed by atoms with Gasteiger partial charge in [-0.25, -0.2) is 4.98 Å². The van der Waals surface area contributed by atoms with Crippen molar-refractivity contribution in [3.05, 3.63) is 23.0 Å². The maximum absolute atomic E-state index is 12.2. The summed E-state index contributed by atoms with van der Waals surface area (Å²) in [6.07, 6.45) is 3.82. The first-order valence-corrected chi connectivity index (χ1v) is 7.28. The minimum Gasteiger partial charge on any atom is -0.494 e. The molecule has 3 aliphatic heterocycles. The fourth-order valence-electron chi connectivity index (χ4n) is 3.06. The number of halogens is 1. The molecule has 1 atom stereocenters. The first kappa shape index (κ1) is 13.6. The highest BCUT2D eigenvalue weighted by atomic mass is 35.5. The van der Waals surface area contributed by atoms with E-state index in [9.17, 15) is 4.79 Å². The van der Waals surface area contributed by atoms with Crippen LogP contribution in [0.1, 0.15) is 23.3 Å². The molecule has 1 N–H and O–H groups in total. The lowest BCUT2D eigenvalue weighted by atomic mass is 9.84. The van der Waals surface area contributed by atoms with Crippen molar-refractivity contribution in [2.45, 2.75) is 18.9 Å².